The molecule has 3 nitrogen and oxygen atoms in total. The van der Waals surface area contributed by atoms with Crippen LogP contribution in [-0.4, -0.2) is 26.2 Å². The summed E-state index contributed by atoms with van der Waals surface area (Å²) in [6.45, 7) is 9.06. The molecule has 1 N–H and O–H groups in total. The van der Waals surface area contributed by atoms with Crippen molar-refractivity contribution in [1.29, 1.82) is 0 Å². The minimum absolute atomic E-state index is 0.0377. The molecule has 0 saturated carbocycles. The minimum Gasteiger partial charge on any atom is -0.355 e. The highest BCUT2D eigenvalue weighted by Crippen LogP contribution is 2.46. The van der Waals surface area contributed by atoms with Crippen molar-refractivity contribution >= 4 is 30.0 Å². The molecule has 0 bridgehead atoms. The van der Waals surface area contributed by atoms with Crippen molar-refractivity contribution < 1.29 is 9.53 Å². The van der Waals surface area contributed by atoms with Gasteiger partial charge in [-0.25, -0.2) is 0 Å². The van der Waals surface area contributed by atoms with E-state index in [2.05, 4.69) is 99.8 Å². The van der Waals surface area contributed by atoms with Crippen LogP contribution in [-0.2, 0) is 9.53 Å². The van der Waals surface area contributed by atoms with Gasteiger partial charge in [0.15, 0.2) is 14.2 Å². The fourth-order valence-electron chi connectivity index (χ4n) is 5.05. The van der Waals surface area contributed by atoms with Gasteiger partial charge in [0.05, 0.1) is 0 Å². The van der Waals surface area contributed by atoms with E-state index in [0.29, 0.717) is 0 Å². The molecule has 2 atom stereocenters. The SMILES string of the molecule is C/C=C(\[C@H]1O[C@@H]1C(=O)Nc1ccccc1)[Si](c1ccccc1)(c1ccccc1)C(C)(C)C. The minimum atomic E-state index is -2.50. The number of ether oxygens (including phenoxy) is 1. The normalized spacial score (nSPS) is 18.8. The van der Waals surface area contributed by atoms with Crippen LogP contribution in [0.5, 0.6) is 0 Å². The molecule has 0 spiro atoms. The maximum Gasteiger partial charge on any atom is 0.256 e. The van der Waals surface area contributed by atoms with Crippen LogP contribution in [0.1, 0.15) is 27.7 Å². The van der Waals surface area contributed by atoms with Gasteiger partial charge in [-0.3, -0.25) is 4.79 Å². The van der Waals surface area contributed by atoms with E-state index < -0.39 is 14.2 Å². The first kappa shape index (κ1) is 22.2. The van der Waals surface area contributed by atoms with Crippen LogP contribution in [0.4, 0.5) is 5.69 Å². The Morgan fingerprint density at radius 3 is 1.72 bits per heavy atom. The van der Waals surface area contributed by atoms with Crippen molar-refractivity contribution in [3.05, 3.63) is 102 Å². The quantitative estimate of drug-likeness (QED) is 0.435. The molecular weight excluding hydrogens is 410 g/mol. The lowest BCUT2D eigenvalue weighted by atomic mass is 10.2. The number of benzene rings is 3. The maximum atomic E-state index is 13.0. The summed E-state index contributed by atoms with van der Waals surface area (Å²) in [5.74, 6) is -0.0847. The molecule has 32 heavy (non-hydrogen) atoms. The second-order valence-corrected chi connectivity index (χ2v) is 14.0. The van der Waals surface area contributed by atoms with Gasteiger partial charge in [0.25, 0.3) is 5.91 Å². The van der Waals surface area contributed by atoms with Gasteiger partial charge in [-0.05, 0) is 39.7 Å². The van der Waals surface area contributed by atoms with Crippen LogP contribution in [0.25, 0.3) is 0 Å². The van der Waals surface area contributed by atoms with E-state index in [1.807, 2.05) is 30.3 Å². The smallest absolute Gasteiger partial charge is 0.256 e. The average Bonchev–Trinajstić information content (AvgIpc) is 3.59. The second kappa shape index (κ2) is 8.89. The lowest BCUT2D eigenvalue weighted by molar-refractivity contribution is -0.117. The molecule has 4 rings (SSSR count). The number of carbonyl (C=O) groups excluding carboxylic acids is 1. The number of anilines is 1. The average molecular weight is 442 g/mol. The van der Waals surface area contributed by atoms with E-state index in [0.717, 1.165) is 5.69 Å². The Bertz CT molecular complexity index is 1050. The Hall–Kier alpha value is -2.95. The van der Waals surface area contributed by atoms with Crippen LogP contribution in [0.2, 0.25) is 5.04 Å². The van der Waals surface area contributed by atoms with Crippen LogP contribution < -0.4 is 15.7 Å². The van der Waals surface area contributed by atoms with Crippen molar-refractivity contribution in [3.8, 4) is 0 Å². The zero-order chi connectivity index (χ0) is 22.8. The maximum absolute atomic E-state index is 13.0. The summed E-state index contributed by atoms with van der Waals surface area (Å²) < 4.78 is 6.10. The zero-order valence-electron chi connectivity index (χ0n) is 19.2. The lowest BCUT2D eigenvalue weighted by Crippen LogP contribution is -2.67. The van der Waals surface area contributed by atoms with Crippen LogP contribution >= 0.6 is 0 Å². The number of hydrogen-bond donors (Lipinski definition) is 1. The molecule has 0 aliphatic carbocycles. The fourth-order valence-corrected chi connectivity index (χ4v) is 11.1. The van der Waals surface area contributed by atoms with Crippen molar-refractivity contribution in [2.24, 2.45) is 0 Å². The zero-order valence-corrected chi connectivity index (χ0v) is 20.2. The predicted molar refractivity (Wildman–Crippen MR) is 135 cm³/mol. The summed E-state index contributed by atoms with van der Waals surface area (Å²) in [6, 6.07) is 31.1. The number of epoxide rings is 1. The molecule has 1 saturated heterocycles. The molecule has 1 amide bonds. The topological polar surface area (TPSA) is 41.6 Å². The number of para-hydroxylation sites is 1. The van der Waals surface area contributed by atoms with Gasteiger partial charge in [-0.1, -0.05) is 106 Å². The second-order valence-electron chi connectivity index (χ2n) is 9.31. The molecule has 1 aliphatic rings. The van der Waals surface area contributed by atoms with Crippen molar-refractivity contribution in [2.75, 3.05) is 5.32 Å². The Kier molecular flexibility index (Phi) is 6.18. The molecular formula is C28H31NO2Si. The first-order valence-electron chi connectivity index (χ1n) is 11.2. The Morgan fingerprint density at radius 2 is 1.28 bits per heavy atom. The number of amides is 1. The van der Waals surface area contributed by atoms with Crippen LogP contribution in [0.3, 0.4) is 0 Å². The molecule has 0 aromatic heterocycles. The molecule has 0 radical (unpaired) electrons. The third-order valence-electron chi connectivity index (χ3n) is 6.38. The summed E-state index contributed by atoms with van der Waals surface area (Å²) in [6.07, 6.45) is 1.52. The monoisotopic (exact) mass is 441 g/mol. The van der Waals surface area contributed by atoms with Gasteiger partial charge in [0.2, 0.25) is 0 Å². The van der Waals surface area contributed by atoms with Crippen LogP contribution in [0, 0.1) is 0 Å². The molecule has 3 aromatic carbocycles. The van der Waals surface area contributed by atoms with E-state index in [1.165, 1.54) is 15.6 Å². The van der Waals surface area contributed by atoms with Gasteiger partial charge in [0.1, 0.15) is 6.10 Å². The van der Waals surface area contributed by atoms with Crippen molar-refractivity contribution in [1.82, 2.24) is 0 Å². The van der Waals surface area contributed by atoms with Crippen LogP contribution in [0.15, 0.2) is 102 Å². The summed E-state index contributed by atoms with van der Waals surface area (Å²) in [5.41, 5.74) is 0.791. The highest BCUT2D eigenvalue weighted by Gasteiger charge is 2.59. The lowest BCUT2D eigenvalue weighted by Gasteiger charge is -2.45. The summed E-state index contributed by atoms with van der Waals surface area (Å²) in [7, 11) is -2.50. The van der Waals surface area contributed by atoms with Crippen molar-refractivity contribution in [3.63, 3.8) is 0 Å². The number of carbonyl (C=O) groups is 1. The highest BCUT2D eigenvalue weighted by molar-refractivity contribution is 7.09. The summed E-state index contributed by atoms with van der Waals surface area (Å²) in [5, 5.41) is 6.90. The van der Waals surface area contributed by atoms with E-state index in [1.54, 1.807) is 0 Å². The Labute approximate surface area is 192 Å². The highest BCUT2D eigenvalue weighted by atomic mass is 28.3. The van der Waals surface area contributed by atoms with Gasteiger partial charge >= 0.3 is 0 Å². The molecule has 4 heteroatoms. The molecule has 1 fully saturated rings. The van der Waals surface area contributed by atoms with Crippen molar-refractivity contribution in [2.45, 2.75) is 44.9 Å². The summed E-state index contributed by atoms with van der Waals surface area (Å²) >= 11 is 0. The standard InChI is InChI=1S/C28H31NO2Si/c1-5-24(25-26(31-25)27(30)29-21-15-9-6-10-16-21)32(28(2,3)4,22-17-11-7-12-18-22)23-19-13-8-14-20-23/h5-20,25-26H,1-4H3,(H,29,30)/b24-5+/t25-,26+/m1/s1. The third-order valence-corrected chi connectivity index (χ3v) is 12.5. The number of nitrogens with one attached hydrogen (secondary N) is 1. The predicted octanol–water partition coefficient (Wildman–Crippen LogP) is 4.94. The van der Waals surface area contributed by atoms with Gasteiger partial charge in [-0.15, -0.1) is 0 Å². The van der Waals surface area contributed by atoms with E-state index in [-0.39, 0.29) is 17.0 Å². The van der Waals surface area contributed by atoms with E-state index >= 15 is 0 Å². The summed E-state index contributed by atoms with van der Waals surface area (Å²) in [4.78, 5) is 13.0. The van der Waals surface area contributed by atoms with Gasteiger partial charge in [0, 0.05) is 5.69 Å². The third kappa shape index (κ3) is 3.96. The first-order valence-corrected chi connectivity index (χ1v) is 13.2. The molecule has 0 unspecified atom stereocenters. The fraction of sp³-hybridized carbons (Fsp3) is 0.250. The number of rotatable bonds is 6. The largest absolute Gasteiger partial charge is 0.355 e. The molecule has 164 valence electrons. The van der Waals surface area contributed by atoms with E-state index in [4.69, 9.17) is 4.74 Å². The number of allylic oxidation sites excluding steroid dienone is 1. The Balaban J connectivity index is 1.77. The first-order chi connectivity index (χ1) is 15.4. The molecule has 3 aromatic rings. The number of hydrogen-bond acceptors (Lipinski definition) is 2. The van der Waals surface area contributed by atoms with E-state index in [9.17, 15) is 4.79 Å². The van der Waals surface area contributed by atoms with Gasteiger partial charge in [-0.2, -0.15) is 0 Å². The molecule has 1 heterocycles. The van der Waals surface area contributed by atoms with Gasteiger partial charge < -0.3 is 10.1 Å². The molecule has 1 aliphatic heterocycles. The Morgan fingerprint density at radius 1 is 0.812 bits per heavy atom.